The van der Waals surface area contributed by atoms with E-state index >= 15 is 0 Å². The van der Waals surface area contributed by atoms with Gasteiger partial charge in [0.15, 0.2) is 16.3 Å². The van der Waals surface area contributed by atoms with Gasteiger partial charge in [0.2, 0.25) is 5.75 Å². The Balaban J connectivity index is 2.16. The highest BCUT2D eigenvalue weighted by Gasteiger charge is 2.17. The molecule has 0 radical (unpaired) electrons. The van der Waals surface area contributed by atoms with Crippen LogP contribution in [0.2, 0.25) is 5.02 Å². The van der Waals surface area contributed by atoms with Crippen molar-refractivity contribution in [2.24, 2.45) is 4.99 Å². The van der Waals surface area contributed by atoms with Crippen molar-refractivity contribution in [2.75, 3.05) is 21.3 Å². The molecule has 0 saturated heterocycles. The number of thiazole rings is 1. The highest BCUT2D eigenvalue weighted by molar-refractivity contribution is 7.16. The van der Waals surface area contributed by atoms with Crippen LogP contribution in [0.3, 0.4) is 0 Å². The van der Waals surface area contributed by atoms with Gasteiger partial charge in [0.25, 0.3) is 5.91 Å². The van der Waals surface area contributed by atoms with Crippen LogP contribution >= 0.6 is 22.9 Å². The molecule has 0 aliphatic carbocycles. The van der Waals surface area contributed by atoms with Gasteiger partial charge in [0.05, 0.1) is 36.6 Å². The summed E-state index contributed by atoms with van der Waals surface area (Å²) in [7, 11) is 4.53. The largest absolute Gasteiger partial charge is 0.493 e. The van der Waals surface area contributed by atoms with Crippen LogP contribution in [0, 0.1) is 0 Å². The SMILES string of the molecule is CCCn1c(=NC(=O)c2cc(OC)c(OC)c(OC)c2)sc2cccc(Cl)c21. The molecule has 148 valence electrons. The average molecular weight is 421 g/mol. The molecule has 1 heterocycles. The van der Waals surface area contributed by atoms with Gasteiger partial charge in [0, 0.05) is 12.1 Å². The summed E-state index contributed by atoms with van der Waals surface area (Å²) in [6.45, 7) is 2.78. The molecule has 0 spiro atoms. The Labute approximate surface area is 171 Å². The molecule has 0 aliphatic heterocycles. The second-order valence-corrected chi connectivity index (χ2v) is 7.37. The highest BCUT2D eigenvalue weighted by Crippen LogP contribution is 2.38. The molecule has 0 saturated carbocycles. The third kappa shape index (κ3) is 3.72. The van der Waals surface area contributed by atoms with Crippen molar-refractivity contribution in [1.82, 2.24) is 4.57 Å². The van der Waals surface area contributed by atoms with Crippen LogP contribution < -0.4 is 19.0 Å². The van der Waals surface area contributed by atoms with E-state index in [9.17, 15) is 4.79 Å². The quantitative estimate of drug-likeness (QED) is 0.587. The number of rotatable bonds is 6. The number of carbonyl (C=O) groups excluding carboxylic acids is 1. The third-order valence-electron chi connectivity index (χ3n) is 4.21. The number of nitrogens with zero attached hydrogens (tertiary/aromatic N) is 2. The summed E-state index contributed by atoms with van der Waals surface area (Å²) in [5.74, 6) is 0.838. The van der Waals surface area contributed by atoms with E-state index in [1.807, 2.05) is 22.8 Å². The van der Waals surface area contributed by atoms with Crippen molar-refractivity contribution >= 4 is 39.1 Å². The number of ether oxygens (including phenoxy) is 3. The second-order valence-electron chi connectivity index (χ2n) is 5.95. The second kappa shape index (κ2) is 8.67. The fraction of sp³-hybridized carbons (Fsp3) is 0.300. The van der Waals surface area contributed by atoms with Gasteiger partial charge in [-0.2, -0.15) is 4.99 Å². The summed E-state index contributed by atoms with van der Waals surface area (Å²) in [5, 5.41) is 0.642. The molecule has 0 aliphatic rings. The molecular weight excluding hydrogens is 400 g/mol. The summed E-state index contributed by atoms with van der Waals surface area (Å²) in [6.07, 6.45) is 0.891. The Hall–Kier alpha value is -2.51. The van der Waals surface area contributed by atoms with Gasteiger partial charge in [-0.25, -0.2) is 0 Å². The highest BCUT2D eigenvalue weighted by atomic mass is 35.5. The van der Waals surface area contributed by atoms with Crippen molar-refractivity contribution < 1.29 is 19.0 Å². The lowest BCUT2D eigenvalue weighted by Crippen LogP contribution is -2.17. The molecule has 6 nitrogen and oxygen atoms in total. The number of fused-ring (bicyclic) bond motifs is 1. The summed E-state index contributed by atoms with van der Waals surface area (Å²) < 4.78 is 18.9. The monoisotopic (exact) mass is 420 g/mol. The zero-order valence-electron chi connectivity index (χ0n) is 16.1. The zero-order chi connectivity index (χ0) is 20.3. The van der Waals surface area contributed by atoms with E-state index in [1.54, 1.807) is 12.1 Å². The predicted octanol–water partition coefficient (Wildman–Crippen LogP) is 4.53. The molecule has 3 aromatic rings. The molecule has 0 atom stereocenters. The van der Waals surface area contributed by atoms with Gasteiger partial charge in [-0.3, -0.25) is 4.79 Å². The van der Waals surface area contributed by atoms with Crippen molar-refractivity contribution in [2.45, 2.75) is 19.9 Å². The van der Waals surface area contributed by atoms with Gasteiger partial charge in [-0.05, 0) is 30.7 Å². The first-order chi connectivity index (χ1) is 13.5. The van der Waals surface area contributed by atoms with E-state index in [0.29, 0.717) is 39.2 Å². The van der Waals surface area contributed by atoms with Gasteiger partial charge in [-0.1, -0.05) is 35.9 Å². The lowest BCUT2D eigenvalue weighted by atomic mass is 10.1. The predicted molar refractivity (Wildman–Crippen MR) is 111 cm³/mol. The van der Waals surface area contributed by atoms with Crippen LogP contribution in [0.4, 0.5) is 0 Å². The normalized spacial score (nSPS) is 11.7. The van der Waals surface area contributed by atoms with Gasteiger partial charge in [0.1, 0.15) is 0 Å². The molecule has 1 aromatic heterocycles. The first kappa shape index (κ1) is 20.2. The van der Waals surface area contributed by atoms with E-state index in [2.05, 4.69) is 11.9 Å². The van der Waals surface area contributed by atoms with E-state index in [-0.39, 0.29) is 0 Å². The van der Waals surface area contributed by atoms with Crippen LogP contribution in [0.5, 0.6) is 17.2 Å². The van der Waals surface area contributed by atoms with Crippen LogP contribution in [0.1, 0.15) is 23.7 Å². The Kier molecular flexibility index (Phi) is 6.26. The first-order valence-corrected chi connectivity index (χ1v) is 9.90. The smallest absolute Gasteiger partial charge is 0.279 e. The molecule has 28 heavy (non-hydrogen) atoms. The number of aromatic nitrogens is 1. The molecule has 3 rings (SSSR count). The van der Waals surface area contributed by atoms with E-state index in [0.717, 1.165) is 16.6 Å². The fourth-order valence-corrected chi connectivity index (χ4v) is 4.37. The van der Waals surface area contributed by atoms with Crippen molar-refractivity contribution in [1.29, 1.82) is 0 Å². The summed E-state index contributed by atoms with van der Waals surface area (Å²) in [4.78, 5) is 17.9. The molecule has 0 fully saturated rings. The van der Waals surface area contributed by atoms with Crippen LogP contribution in [0.15, 0.2) is 35.3 Å². The number of hydrogen-bond donors (Lipinski definition) is 0. The number of hydrogen-bond acceptors (Lipinski definition) is 5. The van der Waals surface area contributed by atoms with Gasteiger partial charge >= 0.3 is 0 Å². The molecule has 8 heteroatoms. The molecule has 2 aromatic carbocycles. The minimum Gasteiger partial charge on any atom is -0.493 e. The van der Waals surface area contributed by atoms with Crippen molar-refractivity contribution in [3.8, 4) is 17.2 Å². The van der Waals surface area contributed by atoms with Crippen molar-refractivity contribution in [3.63, 3.8) is 0 Å². The van der Waals surface area contributed by atoms with Crippen LogP contribution in [-0.4, -0.2) is 31.8 Å². The van der Waals surface area contributed by atoms with Crippen LogP contribution in [0.25, 0.3) is 10.2 Å². The molecule has 0 bridgehead atoms. The number of carbonyl (C=O) groups is 1. The van der Waals surface area contributed by atoms with E-state index < -0.39 is 5.91 Å². The number of amides is 1. The standard InChI is InChI=1S/C20H21ClN2O4S/c1-5-9-23-17-13(21)7-6-8-16(17)28-20(23)22-19(24)12-10-14(25-2)18(27-4)15(11-12)26-3/h6-8,10-11H,5,9H2,1-4H3. The minimum absolute atomic E-state index is 0.348. The number of methoxy groups -OCH3 is 3. The minimum atomic E-state index is -0.396. The molecule has 1 amide bonds. The van der Waals surface area contributed by atoms with Crippen molar-refractivity contribution in [3.05, 3.63) is 45.7 Å². The molecular formula is C20H21ClN2O4S. The third-order valence-corrected chi connectivity index (χ3v) is 5.56. The first-order valence-electron chi connectivity index (χ1n) is 8.70. The Morgan fingerprint density at radius 3 is 2.39 bits per heavy atom. The summed E-state index contributed by atoms with van der Waals surface area (Å²) >= 11 is 7.82. The Bertz CT molecular complexity index is 1060. The van der Waals surface area contributed by atoms with Gasteiger partial charge in [-0.15, -0.1) is 0 Å². The van der Waals surface area contributed by atoms with E-state index in [1.165, 1.54) is 32.7 Å². The molecule has 0 unspecified atom stereocenters. The number of benzene rings is 2. The van der Waals surface area contributed by atoms with Crippen LogP contribution in [-0.2, 0) is 6.54 Å². The Morgan fingerprint density at radius 2 is 1.82 bits per heavy atom. The summed E-state index contributed by atoms with van der Waals surface area (Å²) in [5.41, 5.74) is 1.24. The average Bonchev–Trinajstić information content (AvgIpc) is 3.05. The Morgan fingerprint density at radius 1 is 1.14 bits per heavy atom. The lowest BCUT2D eigenvalue weighted by Gasteiger charge is -2.12. The maximum Gasteiger partial charge on any atom is 0.279 e. The topological polar surface area (TPSA) is 62.1 Å². The molecule has 0 N–H and O–H groups in total. The number of aryl methyl sites for hydroxylation is 1. The number of halogens is 1. The number of para-hydroxylation sites is 1. The van der Waals surface area contributed by atoms with E-state index in [4.69, 9.17) is 25.8 Å². The zero-order valence-corrected chi connectivity index (χ0v) is 17.7. The summed E-state index contributed by atoms with van der Waals surface area (Å²) in [6, 6.07) is 8.89. The maximum atomic E-state index is 12.9. The maximum absolute atomic E-state index is 12.9. The lowest BCUT2D eigenvalue weighted by molar-refractivity contribution is 0.0997. The fourth-order valence-electron chi connectivity index (χ4n) is 2.96. The van der Waals surface area contributed by atoms with Gasteiger partial charge < -0.3 is 18.8 Å².